The normalized spacial score (nSPS) is 12.7. The molecule has 2 heteroatoms. The first-order chi connectivity index (χ1) is 7.03. The van der Waals surface area contributed by atoms with Gasteiger partial charge in [-0.2, -0.15) is 0 Å². The van der Waals surface area contributed by atoms with Gasteiger partial charge in [0.15, 0.2) is 0 Å². The molecule has 0 aliphatic heterocycles. The standard InChI is InChI=1S/C13H20OSi/c1-5-9-13(14-15(2,3)4)12-10-7-6-8-11-12/h6-11H,5H2,1-4H3. The third-order valence-electron chi connectivity index (χ3n) is 1.86. The summed E-state index contributed by atoms with van der Waals surface area (Å²) in [5.74, 6) is 1.04. The Morgan fingerprint density at radius 2 is 1.80 bits per heavy atom. The van der Waals surface area contributed by atoms with Crippen molar-refractivity contribution in [3.8, 4) is 0 Å². The first kappa shape index (κ1) is 12.0. The van der Waals surface area contributed by atoms with Crippen LogP contribution in [-0.4, -0.2) is 8.32 Å². The monoisotopic (exact) mass is 220 g/mol. The number of benzene rings is 1. The quantitative estimate of drug-likeness (QED) is 0.543. The van der Waals surface area contributed by atoms with Crippen molar-refractivity contribution in [2.24, 2.45) is 0 Å². The van der Waals surface area contributed by atoms with Crippen LogP contribution >= 0.6 is 0 Å². The van der Waals surface area contributed by atoms with Crippen LogP contribution in [-0.2, 0) is 4.43 Å². The largest absolute Gasteiger partial charge is 0.544 e. The van der Waals surface area contributed by atoms with Gasteiger partial charge in [0.1, 0.15) is 5.76 Å². The minimum atomic E-state index is -1.51. The fraction of sp³-hybridized carbons (Fsp3) is 0.385. The molecule has 1 aromatic carbocycles. The molecule has 0 N–H and O–H groups in total. The Bertz CT molecular complexity index is 322. The molecule has 0 aliphatic rings. The van der Waals surface area contributed by atoms with Gasteiger partial charge in [-0.1, -0.05) is 37.3 Å². The van der Waals surface area contributed by atoms with Gasteiger partial charge >= 0.3 is 0 Å². The summed E-state index contributed by atoms with van der Waals surface area (Å²) in [6.07, 6.45) is 3.17. The van der Waals surface area contributed by atoms with Crippen molar-refractivity contribution in [2.75, 3.05) is 0 Å². The minimum absolute atomic E-state index is 1.01. The number of hydrogen-bond donors (Lipinski definition) is 0. The van der Waals surface area contributed by atoms with Crippen LogP contribution in [0.5, 0.6) is 0 Å². The molecule has 0 unspecified atom stereocenters. The second kappa shape index (κ2) is 5.17. The molecule has 0 radical (unpaired) electrons. The van der Waals surface area contributed by atoms with E-state index in [-0.39, 0.29) is 0 Å². The zero-order chi connectivity index (χ0) is 11.3. The predicted octanol–water partition coefficient (Wildman–Crippen LogP) is 4.29. The lowest BCUT2D eigenvalue weighted by Gasteiger charge is -2.22. The van der Waals surface area contributed by atoms with Gasteiger partial charge in [-0.3, -0.25) is 0 Å². The topological polar surface area (TPSA) is 9.23 Å². The van der Waals surface area contributed by atoms with Crippen LogP contribution in [0.2, 0.25) is 19.6 Å². The van der Waals surface area contributed by atoms with Crippen molar-refractivity contribution in [3.05, 3.63) is 42.0 Å². The molecular formula is C13H20OSi. The first-order valence-electron chi connectivity index (χ1n) is 5.47. The molecule has 0 saturated heterocycles. The van der Waals surface area contributed by atoms with Gasteiger partial charge < -0.3 is 4.43 Å². The smallest absolute Gasteiger partial charge is 0.242 e. The Kier molecular flexibility index (Phi) is 4.15. The Balaban J connectivity index is 2.90. The van der Waals surface area contributed by atoms with E-state index >= 15 is 0 Å². The molecule has 0 amide bonds. The first-order valence-corrected chi connectivity index (χ1v) is 8.88. The highest BCUT2D eigenvalue weighted by Gasteiger charge is 2.18. The summed E-state index contributed by atoms with van der Waals surface area (Å²) in [7, 11) is -1.51. The number of allylic oxidation sites excluding steroid dienone is 1. The molecule has 1 nitrogen and oxygen atoms in total. The van der Waals surface area contributed by atoms with Crippen molar-refractivity contribution in [1.29, 1.82) is 0 Å². The molecule has 0 atom stereocenters. The van der Waals surface area contributed by atoms with Crippen LogP contribution < -0.4 is 0 Å². The molecule has 1 aromatic rings. The van der Waals surface area contributed by atoms with Gasteiger partial charge in [-0.05, 0) is 32.1 Å². The van der Waals surface area contributed by atoms with Crippen molar-refractivity contribution >= 4 is 14.1 Å². The molecule has 0 heterocycles. The number of hydrogen-bond acceptors (Lipinski definition) is 1. The second-order valence-electron chi connectivity index (χ2n) is 4.56. The third kappa shape index (κ3) is 4.34. The predicted molar refractivity (Wildman–Crippen MR) is 69.1 cm³/mol. The van der Waals surface area contributed by atoms with Gasteiger partial charge in [0, 0.05) is 5.56 Å². The van der Waals surface area contributed by atoms with Gasteiger partial charge in [0.05, 0.1) is 0 Å². The molecule has 0 aliphatic carbocycles. The van der Waals surface area contributed by atoms with Gasteiger partial charge in [0.25, 0.3) is 0 Å². The maximum Gasteiger partial charge on any atom is 0.242 e. The van der Waals surface area contributed by atoms with Crippen LogP contribution in [0.4, 0.5) is 0 Å². The highest BCUT2D eigenvalue weighted by molar-refractivity contribution is 6.70. The molecule has 0 spiro atoms. The lowest BCUT2D eigenvalue weighted by molar-refractivity contribution is 0.512. The van der Waals surface area contributed by atoms with E-state index in [0.717, 1.165) is 12.2 Å². The van der Waals surface area contributed by atoms with Crippen molar-refractivity contribution in [1.82, 2.24) is 0 Å². The Labute approximate surface area is 93.9 Å². The molecule has 0 aromatic heterocycles. The summed E-state index contributed by atoms with van der Waals surface area (Å²) in [4.78, 5) is 0. The fourth-order valence-corrected chi connectivity index (χ4v) is 2.20. The van der Waals surface area contributed by atoms with E-state index in [1.807, 2.05) is 18.2 Å². The van der Waals surface area contributed by atoms with Gasteiger partial charge in [0.2, 0.25) is 8.32 Å². The Morgan fingerprint density at radius 3 is 2.27 bits per heavy atom. The van der Waals surface area contributed by atoms with Crippen LogP contribution in [0.3, 0.4) is 0 Å². The summed E-state index contributed by atoms with van der Waals surface area (Å²) < 4.78 is 6.06. The zero-order valence-corrected chi connectivity index (χ0v) is 11.1. The van der Waals surface area contributed by atoms with Crippen molar-refractivity contribution < 1.29 is 4.43 Å². The van der Waals surface area contributed by atoms with E-state index in [4.69, 9.17) is 4.43 Å². The van der Waals surface area contributed by atoms with Gasteiger partial charge in [-0.25, -0.2) is 0 Å². The van der Waals surface area contributed by atoms with Crippen molar-refractivity contribution in [2.45, 2.75) is 33.0 Å². The van der Waals surface area contributed by atoms with Gasteiger partial charge in [-0.15, -0.1) is 0 Å². The lowest BCUT2D eigenvalue weighted by Crippen LogP contribution is -2.24. The van der Waals surface area contributed by atoms with E-state index in [9.17, 15) is 0 Å². The maximum atomic E-state index is 6.06. The van der Waals surface area contributed by atoms with Crippen LogP contribution in [0.25, 0.3) is 5.76 Å². The molecule has 0 saturated carbocycles. The summed E-state index contributed by atoms with van der Waals surface area (Å²) in [6.45, 7) is 8.76. The van der Waals surface area contributed by atoms with E-state index in [0.29, 0.717) is 0 Å². The highest BCUT2D eigenvalue weighted by atomic mass is 28.4. The summed E-state index contributed by atoms with van der Waals surface area (Å²) in [5.41, 5.74) is 1.18. The highest BCUT2D eigenvalue weighted by Crippen LogP contribution is 2.21. The zero-order valence-electron chi connectivity index (χ0n) is 10.1. The average Bonchev–Trinajstić information content (AvgIpc) is 2.17. The van der Waals surface area contributed by atoms with Crippen LogP contribution in [0, 0.1) is 0 Å². The molecule has 15 heavy (non-hydrogen) atoms. The van der Waals surface area contributed by atoms with Crippen LogP contribution in [0.1, 0.15) is 18.9 Å². The molecule has 0 fully saturated rings. The molecular weight excluding hydrogens is 200 g/mol. The Morgan fingerprint density at radius 1 is 1.20 bits per heavy atom. The maximum absolute atomic E-state index is 6.06. The van der Waals surface area contributed by atoms with E-state index in [2.05, 4.69) is 44.8 Å². The summed E-state index contributed by atoms with van der Waals surface area (Å²) >= 11 is 0. The lowest BCUT2D eigenvalue weighted by atomic mass is 10.2. The molecule has 82 valence electrons. The van der Waals surface area contributed by atoms with Crippen LogP contribution in [0.15, 0.2) is 36.4 Å². The molecule has 0 bridgehead atoms. The second-order valence-corrected chi connectivity index (χ2v) is 8.99. The van der Waals surface area contributed by atoms with E-state index in [1.54, 1.807) is 0 Å². The van der Waals surface area contributed by atoms with Crippen molar-refractivity contribution in [3.63, 3.8) is 0 Å². The summed E-state index contributed by atoms with van der Waals surface area (Å²) in [5, 5.41) is 0. The SMILES string of the molecule is CCC=C(O[Si](C)(C)C)c1ccccc1. The minimum Gasteiger partial charge on any atom is -0.544 e. The fourth-order valence-electron chi connectivity index (χ4n) is 1.34. The number of rotatable bonds is 4. The third-order valence-corrected chi connectivity index (χ3v) is 2.70. The Hall–Kier alpha value is -1.02. The molecule has 1 rings (SSSR count). The van der Waals surface area contributed by atoms with E-state index < -0.39 is 8.32 Å². The summed E-state index contributed by atoms with van der Waals surface area (Å²) in [6, 6.07) is 10.3. The van der Waals surface area contributed by atoms with E-state index in [1.165, 1.54) is 5.56 Å². The average molecular weight is 220 g/mol.